The molecule has 0 unspecified atom stereocenters. The summed E-state index contributed by atoms with van der Waals surface area (Å²) in [6.07, 6.45) is 1.95. The number of aromatic nitrogens is 2. The fourth-order valence-electron chi connectivity index (χ4n) is 1.74. The molecule has 0 fully saturated rings. The number of nitrogens with zero attached hydrogens (tertiary/aromatic N) is 2. The van der Waals surface area contributed by atoms with Crippen molar-refractivity contribution in [1.82, 2.24) is 9.38 Å². The van der Waals surface area contributed by atoms with Gasteiger partial charge in [-0.2, -0.15) is 0 Å². The van der Waals surface area contributed by atoms with Crippen molar-refractivity contribution in [2.45, 2.75) is 20.5 Å². The number of carbonyl (C=O) groups is 1. The Hall–Kier alpha value is -1.88. The second-order valence-electron chi connectivity index (χ2n) is 3.87. The molecule has 2 heterocycles. The van der Waals surface area contributed by atoms with Gasteiger partial charge in [0.1, 0.15) is 12.3 Å². The highest BCUT2D eigenvalue weighted by Gasteiger charge is 2.09. The fraction of sp³-hybridized carbons (Fsp3) is 0.385. The van der Waals surface area contributed by atoms with Crippen molar-refractivity contribution < 1.29 is 14.3 Å². The fourth-order valence-corrected chi connectivity index (χ4v) is 1.74. The summed E-state index contributed by atoms with van der Waals surface area (Å²) in [6.45, 7) is 4.39. The Bertz CT molecular complexity index is 548. The highest BCUT2D eigenvalue weighted by Crippen LogP contribution is 2.12. The molecule has 0 radical (unpaired) electrons. The van der Waals surface area contributed by atoms with Gasteiger partial charge >= 0.3 is 5.97 Å². The van der Waals surface area contributed by atoms with Gasteiger partial charge in [0.2, 0.25) is 0 Å². The molecule has 5 heteroatoms. The molecule has 0 spiro atoms. The zero-order chi connectivity index (χ0) is 13.0. The van der Waals surface area contributed by atoms with Gasteiger partial charge in [0.15, 0.2) is 0 Å². The maximum Gasteiger partial charge on any atom is 0.332 e. The lowest BCUT2D eigenvalue weighted by Gasteiger charge is -2.03. The maximum atomic E-state index is 11.1. The lowest BCUT2D eigenvalue weighted by molar-refractivity contribution is -0.148. The first-order chi connectivity index (χ1) is 8.72. The molecule has 0 aromatic carbocycles. The number of hydrogen-bond acceptors (Lipinski definition) is 4. The van der Waals surface area contributed by atoms with Crippen LogP contribution in [-0.2, 0) is 20.9 Å². The summed E-state index contributed by atoms with van der Waals surface area (Å²) in [6, 6.07) is 5.82. The number of imidazole rings is 1. The molecular weight excluding hydrogens is 232 g/mol. The predicted octanol–water partition coefficient (Wildman–Crippen LogP) is 1.72. The van der Waals surface area contributed by atoms with E-state index in [2.05, 4.69) is 4.98 Å². The minimum atomic E-state index is -0.348. The largest absolute Gasteiger partial charge is 0.464 e. The van der Waals surface area contributed by atoms with Gasteiger partial charge in [-0.3, -0.25) is 0 Å². The van der Waals surface area contributed by atoms with Crippen molar-refractivity contribution in [3.63, 3.8) is 0 Å². The molecule has 0 bridgehead atoms. The van der Waals surface area contributed by atoms with Crippen LogP contribution in [0.15, 0.2) is 24.4 Å². The third kappa shape index (κ3) is 2.68. The second kappa shape index (κ2) is 5.64. The van der Waals surface area contributed by atoms with Crippen LogP contribution in [0.25, 0.3) is 5.65 Å². The molecule has 0 amide bonds. The number of carbonyl (C=O) groups excluding carboxylic acids is 1. The van der Waals surface area contributed by atoms with E-state index in [-0.39, 0.29) is 12.6 Å². The number of rotatable bonds is 5. The van der Waals surface area contributed by atoms with E-state index in [1.54, 1.807) is 6.92 Å². The highest BCUT2D eigenvalue weighted by molar-refractivity contribution is 5.70. The lowest BCUT2D eigenvalue weighted by Crippen LogP contribution is -2.12. The number of aryl methyl sites for hydroxylation is 1. The molecule has 0 aliphatic heterocycles. The maximum absolute atomic E-state index is 11.1. The summed E-state index contributed by atoms with van der Waals surface area (Å²) in [4.78, 5) is 15.6. The van der Waals surface area contributed by atoms with Crippen molar-refractivity contribution >= 4 is 11.6 Å². The normalized spacial score (nSPS) is 10.8. The van der Waals surface area contributed by atoms with E-state index in [1.165, 1.54) is 0 Å². The molecular formula is C13H16N2O3. The summed E-state index contributed by atoms with van der Waals surface area (Å²) >= 11 is 0. The van der Waals surface area contributed by atoms with Gasteiger partial charge in [0, 0.05) is 11.9 Å². The molecule has 96 valence electrons. The van der Waals surface area contributed by atoms with Crippen molar-refractivity contribution in [2.75, 3.05) is 13.2 Å². The summed E-state index contributed by atoms with van der Waals surface area (Å²) in [5.41, 5.74) is 2.74. The molecule has 0 saturated carbocycles. The van der Waals surface area contributed by atoms with E-state index in [0.29, 0.717) is 13.2 Å². The first-order valence-corrected chi connectivity index (χ1v) is 5.88. The molecule has 2 rings (SSSR count). The van der Waals surface area contributed by atoms with Crippen molar-refractivity contribution in [3.8, 4) is 0 Å². The van der Waals surface area contributed by atoms with Crippen LogP contribution < -0.4 is 0 Å². The lowest BCUT2D eigenvalue weighted by atomic mass is 10.3. The van der Waals surface area contributed by atoms with E-state index in [0.717, 1.165) is 17.0 Å². The van der Waals surface area contributed by atoms with Crippen LogP contribution in [-0.4, -0.2) is 28.6 Å². The Morgan fingerprint density at radius 2 is 2.28 bits per heavy atom. The molecule has 5 nitrogen and oxygen atoms in total. The van der Waals surface area contributed by atoms with Gasteiger partial charge in [-0.25, -0.2) is 9.78 Å². The minimum Gasteiger partial charge on any atom is -0.464 e. The van der Waals surface area contributed by atoms with E-state index in [4.69, 9.17) is 9.47 Å². The molecule has 18 heavy (non-hydrogen) atoms. The quantitative estimate of drug-likeness (QED) is 0.756. The van der Waals surface area contributed by atoms with Gasteiger partial charge in [-0.15, -0.1) is 0 Å². The Kier molecular flexibility index (Phi) is 3.94. The third-order valence-electron chi connectivity index (χ3n) is 2.63. The Morgan fingerprint density at radius 3 is 3.00 bits per heavy atom. The topological polar surface area (TPSA) is 52.8 Å². The highest BCUT2D eigenvalue weighted by atomic mass is 16.6. The molecule has 0 aliphatic carbocycles. The number of hydrogen-bond donors (Lipinski definition) is 0. The average molecular weight is 248 g/mol. The Balaban J connectivity index is 1.99. The van der Waals surface area contributed by atoms with Crippen molar-refractivity contribution in [1.29, 1.82) is 0 Å². The molecule has 0 N–H and O–H groups in total. The molecule has 2 aromatic rings. The van der Waals surface area contributed by atoms with Crippen LogP contribution >= 0.6 is 0 Å². The van der Waals surface area contributed by atoms with Crippen LogP contribution in [0.2, 0.25) is 0 Å². The number of esters is 1. The van der Waals surface area contributed by atoms with Crippen LogP contribution in [0.3, 0.4) is 0 Å². The number of pyridine rings is 1. The van der Waals surface area contributed by atoms with Crippen LogP contribution in [0.4, 0.5) is 0 Å². The first kappa shape index (κ1) is 12.6. The first-order valence-electron chi connectivity index (χ1n) is 5.88. The third-order valence-corrected chi connectivity index (χ3v) is 2.63. The van der Waals surface area contributed by atoms with E-state index in [1.807, 2.05) is 35.7 Å². The van der Waals surface area contributed by atoms with E-state index < -0.39 is 0 Å². The monoisotopic (exact) mass is 248 g/mol. The number of fused-ring (bicyclic) bond motifs is 1. The summed E-state index contributed by atoms with van der Waals surface area (Å²) in [5, 5.41) is 0. The summed E-state index contributed by atoms with van der Waals surface area (Å²) in [7, 11) is 0. The van der Waals surface area contributed by atoms with Crippen LogP contribution in [0, 0.1) is 6.92 Å². The van der Waals surface area contributed by atoms with Crippen LogP contribution in [0.5, 0.6) is 0 Å². The predicted molar refractivity (Wildman–Crippen MR) is 66.2 cm³/mol. The molecule has 2 aromatic heterocycles. The molecule has 0 atom stereocenters. The average Bonchev–Trinajstić information content (AvgIpc) is 2.68. The van der Waals surface area contributed by atoms with Gasteiger partial charge in [-0.05, 0) is 26.0 Å². The zero-order valence-corrected chi connectivity index (χ0v) is 10.5. The minimum absolute atomic E-state index is 0.0405. The van der Waals surface area contributed by atoms with Crippen LogP contribution in [0.1, 0.15) is 18.3 Å². The zero-order valence-electron chi connectivity index (χ0n) is 10.5. The van der Waals surface area contributed by atoms with Gasteiger partial charge in [0.05, 0.1) is 18.9 Å². The Morgan fingerprint density at radius 1 is 1.44 bits per heavy atom. The standard InChI is InChI=1S/C13H16N2O3/c1-3-18-13(16)9-17-8-11-10(2)15-7-5-4-6-12(15)14-11/h4-7H,3,8-9H2,1-2H3. The second-order valence-corrected chi connectivity index (χ2v) is 3.87. The van der Waals surface area contributed by atoms with Gasteiger partial charge in [-0.1, -0.05) is 6.07 Å². The number of ether oxygens (including phenoxy) is 2. The van der Waals surface area contributed by atoms with Gasteiger partial charge < -0.3 is 13.9 Å². The van der Waals surface area contributed by atoms with Crippen molar-refractivity contribution in [3.05, 3.63) is 35.8 Å². The smallest absolute Gasteiger partial charge is 0.332 e. The Labute approximate surface area is 105 Å². The molecule has 0 saturated heterocycles. The SMILES string of the molecule is CCOC(=O)COCc1nc2ccccn2c1C. The summed E-state index contributed by atoms with van der Waals surface area (Å²) in [5.74, 6) is -0.348. The van der Waals surface area contributed by atoms with Gasteiger partial charge in [0.25, 0.3) is 0 Å². The van der Waals surface area contributed by atoms with E-state index in [9.17, 15) is 4.79 Å². The van der Waals surface area contributed by atoms with E-state index >= 15 is 0 Å². The molecule has 0 aliphatic rings. The summed E-state index contributed by atoms with van der Waals surface area (Å²) < 4.78 is 12.1. The van der Waals surface area contributed by atoms with Crippen molar-refractivity contribution in [2.24, 2.45) is 0 Å².